The normalized spacial score (nSPS) is 11.4. The minimum absolute atomic E-state index is 0.253. The first kappa shape index (κ1) is 26.3. The number of amides is 1. The predicted molar refractivity (Wildman–Crippen MR) is 132 cm³/mol. The molecule has 0 fully saturated rings. The first-order valence-electron chi connectivity index (χ1n) is 11.2. The van der Waals surface area contributed by atoms with Crippen molar-refractivity contribution < 1.29 is 23.5 Å². The number of alkyl carbamates (subject to hydrolysis) is 1. The number of hydrogen-bond acceptors (Lipinski definition) is 8. The van der Waals surface area contributed by atoms with Crippen molar-refractivity contribution >= 4 is 35.3 Å². The van der Waals surface area contributed by atoms with Crippen molar-refractivity contribution in [2.24, 2.45) is 0 Å². The van der Waals surface area contributed by atoms with E-state index in [0.717, 1.165) is 10.5 Å². The molecule has 0 aliphatic rings. The molecule has 9 nitrogen and oxygen atoms in total. The van der Waals surface area contributed by atoms with E-state index in [-0.39, 0.29) is 18.0 Å². The Morgan fingerprint density at radius 3 is 2.74 bits per heavy atom. The lowest BCUT2D eigenvalue weighted by atomic mass is 10.2. The molecule has 2 aromatic heterocycles. The third-order valence-corrected chi connectivity index (χ3v) is 5.82. The van der Waals surface area contributed by atoms with Crippen LogP contribution in [-0.4, -0.2) is 58.2 Å². The van der Waals surface area contributed by atoms with Gasteiger partial charge in [0.05, 0.1) is 12.8 Å². The van der Waals surface area contributed by atoms with Crippen LogP contribution in [0.25, 0.3) is 5.65 Å². The standard InChI is InChI=1S/C24H30FN5O4S/c1-6-33-22(31)18-14-27-30-11-9-20(28-21(18)30)29(5)15-16-13-17(25)7-8-19(16)35-12-10-26-23(32)34-24(2,3)4/h7-9,11,13-14H,6,10,12,15H2,1-5H3,(H,26,32). The molecule has 0 radical (unpaired) electrons. The molecule has 0 bridgehead atoms. The molecule has 0 saturated heterocycles. The number of nitrogens with zero attached hydrogens (tertiary/aromatic N) is 4. The molecule has 3 aromatic rings. The molecule has 1 aromatic carbocycles. The van der Waals surface area contributed by atoms with Gasteiger partial charge in [-0.25, -0.2) is 23.5 Å². The lowest BCUT2D eigenvalue weighted by Crippen LogP contribution is -2.33. The largest absolute Gasteiger partial charge is 0.462 e. The van der Waals surface area contributed by atoms with Crippen molar-refractivity contribution in [1.82, 2.24) is 19.9 Å². The zero-order chi connectivity index (χ0) is 25.6. The highest BCUT2D eigenvalue weighted by atomic mass is 32.2. The van der Waals surface area contributed by atoms with E-state index >= 15 is 0 Å². The van der Waals surface area contributed by atoms with Crippen LogP contribution in [0.3, 0.4) is 0 Å². The number of nitrogens with one attached hydrogen (secondary N) is 1. The SMILES string of the molecule is CCOC(=O)c1cnn2ccc(N(C)Cc3cc(F)ccc3SCCNC(=O)OC(C)(C)C)nc12. The van der Waals surface area contributed by atoms with E-state index < -0.39 is 17.7 Å². The van der Waals surface area contributed by atoms with Gasteiger partial charge < -0.3 is 19.7 Å². The number of ether oxygens (including phenoxy) is 2. The van der Waals surface area contributed by atoms with Gasteiger partial charge in [-0.2, -0.15) is 5.10 Å². The molecule has 0 aliphatic carbocycles. The molecule has 0 spiro atoms. The van der Waals surface area contributed by atoms with E-state index in [1.165, 1.54) is 34.6 Å². The minimum Gasteiger partial charge on any atom is -0.462 e. The highest BCUT2D eigenvalue weighted by Gasteiger charge is 2.18. The zero-order valence-electron chi connectivity index (χ0n) is 20.5. The first-order valence-corrected chi connectivity index (χ1v) is 12.2. The number of carbonyl (C=O) groups is 2. The second-order valence-corrected chi connectivity index (χ2v) is 9.85. The molecule has 35 heavy (non-hydrogen) atoms. The molecule has 2 heterocycles. The number of aromatic nitrogens is 3. The third kappa shape index (κ3) is 7.32. The number of benzene rings is 1. The quantitative estimate of drug-likeness (QED) is 0.262. The van der Waals surface area contributed by atoms with Crippen LogP contribution in [0.15, 0.2) is 41.6 Å². The van der Waals surface area contributed by atoms with Crippen LogP contribution in [0.5, 0.6) is 0 Å². The van der Waals surface area contributed by atoms with Gasteiger partial charge in [0, 0.05) is 37.0 Å². The van der Waals surface area contributed by atoms with Crippen molar-refractivity contribution in [3.63, 3.8) is 0 Å². The molecule has 3 rings (SSSR count). The van der Waals surface area contributed by atoms with Gasteiger partial charge in [-0.3, -0.25) is 0 Å². The second-order valence-electron chi connectivity index (χ2n) is 8.72. The minimum atomic E-state index is -0.559. The fourth-order valence-corrected chi connectivity index (χ4v) is 4.10. The third-order valence-electron chi connectivity index (χ3n) is 4.70. The van der Waals surface area contributed by atoms with Crippen LogP contribution in [0.2, 0.25) is 0 Å². The highest BCUT2D eigenvalue weighted by molar-refractivity contribution is 7.99. The summed E-state index contributed by atoms with van der Waals surface area (Å²) in [7, 11) is 1.84. The number of esters is 1. The Morgan fingerprint density at radius 2 is 2.03 bits per heavy atom. The summed E-state index contributed by atoms with van der Waals surface area (Å²) in [6, 6.07) is 6.39. The summed E-state index contributed by atoms with van der Waals surface area (Å²) in [6.07, 6.45) is 2.66. The van der Waals surface area contributed by atoms with E-state index in [2.05, 4.69) is 15.4 Å². The van der Waals surface area contributed by atoms with Gasteiger partial charge in [-0.1, -0.05) is 0 Å². The van der Waals surface area contributed by atoms with Crippen LogP contribution < -0.4 is 10.2 Å². The van der Waals surface area contributed by atoms with Gasteiger partial charge in [0.25, 0.3) is 0 Å². The summed E-state index contributed by atoms with van der Waals surface area (Å²) in [6.45, 7) is 8.19. The number of carbonyl (C=O) groups excluding carboxylic acids is 2. The lowest BCUT2D eigenvalue weighted by molar-refractivity contribution is 0.0519. The molecular weight excluding hydrogens is 473 g/mol. The summed E-state index contributed by atoms with van der Waals surface area (Å²) in [5.41, 5.74) is 0.879. The average Bonchev–Trinajstić information content (AvgIpc) is 3.20. The highest BCUT2D eigenvalue weighted by Crippen LogP contribution is 2.26. The zero-order valence-corrected chi connectivity index (χ0v) is 21.3. The van der Waals surface area contributed by atoms with E-state index in [9.17, 15) is 14.0 Å². The maximum atomic E-state index is 14.1. The number of thioether (sulfide) groups is 1. The summed E-state index contributed by atoms with van der Waals surface area (Å²) in [5.74, 6) is 0.354. The molecule has 11 heteroatoms. The van der Waals surface area contributed by atoms with Crippen molar-refractivity contribution in [3.05, 3.63) is 53.6 Å². The summed E-state index contributed by atoms with van der Waals surface area (Å²) >= 11 is 1.51. The average molecular weight is 504 g/mol. The second kappa shape index (κ2) is 11.4. The van der Waals surface area contributed by atoms with Gasteiger partial charge in [-0.15, -0.1) is 11.8 Å². The maximum Gasteiger partial charge on any atom is 0.407 e. The predicted octanol–water partition coefficient (Wildman–Crippen LogP) is 4.30. The molecule has 188 valence electrons. The summed E-state index contributed by atoms with van der Waals surface area (Å²) in [5, 5.41) is 6.87. The fourth-order valence-electron chi connectivity index (χ4n) is 3.20. The topological polar surface area (TPSA) is 98.1 Å². The van der Waals surface area contributed by atoms with Crippen molar-refractivity contribution in [1.29, 1.82) is 0 Å². The molecule has 1 amide bonds. The van der Waals surface area contributed by atoms with Crippen molar-refractivity contribution in [2.75, 3.05) is 30.9 Å². The van der Waals surface area contributed by atoms with E-state index in [1.54, 1.807) is 46.0 Å². The molecule has 0 atom stereocenters. The van der Waals surface area contributed by atoms with Crippen molar-refractivity contribution in [2.45, 2.75) is 44.7 Å². The monoisotopic (exact) mass is 503 g/mol. The molecular formula is C24H30FN5O4S. The Morgan fingerprint density at radius 1 is 1.26 bits per heavy atom. The van der Waals surface area contributed by atoms with Crippen LogP contribution >= 0.6 is 11.8 Å². The van der Waals surface area contributed by atoms with Crippen molar-refractivity contribution in [3.8, 4) is 0 Å². The molecule has 0 saturated carbocycles. The van der Waals surface area contributed by atoms with Crippen LogP contribution in [-0.2, 0) is 16.0 Å². The van der Waals surface area contributed by atoms with Crippen LogP contribution in [0, 0.1) is 5.82 Å². The molecule has 0 aliphatic heterocycles. The Kier molecular flexibility index (Phi) is 8.55. The number of fused-ring (bicyclic) bond motifs is 1. The lowest BCUT2D eigenvalue weighted by Gasteiger charge is -2.21. The summed E-state index contributed by atoms with van der Waals surface area (Å²) < 4.78 is 25.9. The van der Waals surface area contributed by atoms with E-state index in [0.29, 0.717) is 30.3 Å². The number of halogens is 1. The number of rotatable bonds is 9. The molecule has 0 unspecified atom stereocenters. The smallest absolute Gasteiger partial charge is 0.407 e. The Balaban J connectivity index is 1.69. The van der Waals surface area contributed by atoms with E-state index in [1.807, 2.05) is 11.9 Å². The molecule has 1 N–H and O–H groups in total. The maximum absolute atomic E-state index is 14.1. The Bertz CT molecular complexity index is 1190. The number of anilines is 1. The number of hydrogen-bond donors (Lipinski definition) is 1. The van der Waals surface area contributed by atoms with Gasteiger partial charge in [0.1, 0.15) is 22.8 Å². The van der Waals surface area contributed by atoms with Gasteiger partial charge >= 0.3 is 12.1 Å². The van der Waals surface area contributed by atoms with Gasteiger partial charge in [0.2, 0.25) is 0 Å². The first-order chi connectivity index (χ1) is 16.6. The van der Waals surface area contributed by atoms with Crippen LogP contribution in [0.1, 0.15) is 43.6 Å². The van der Waals surface area contributed by atoms with Crippen LogP contribution in [0.4, 0.5) is 15.0 Å². The van der Waals surface area contributed by atoms with Gasteiger partial charge in [0.15, 0.2) is 5.65 Å². The Hall–Kier alpha value is -3.34. The van der Waals surface area contributed by atoms with Gasteiger partial charge in [-0.05, 0) is 57.5 Å². The Labute approximate surface area is 208 Å². The fraction of sp³-hybridized carbons (Fsp3) is 0.417. The van der Waals surface area contributed by atoms with E-state index in [4.69, 9.17) is 9.47 Å². The summed E-state index contributed by atoms with van der Waals surface area (Å²) in [4.78, 5) is 31.3.